The second-order valence-electron chi connectivity index (χ2n) is 8.07. The van der Waals surface area contributed by atoms with Gasteiger partial charge in [0.25, 0.3) is 0 Å². The highest BCUT2D eigenvalue weighted by molar-refractivity contribution is 6.30. The molecule has 33 heavy (non-hydrogen) atoms. The van der Waals surface area contributed by atoms with Crippen molar-refractivity contribution in [1.82, 2.24) is 5.32 Å². The highest BCUT2D eigenvalue weighted by Crippen LogP contribution is 2.43. The molecule has 0 radical (unpaired) electrons. The first-order chi connectivity index (χ1) is 15.9. The number of benzene rings is 2. The van der Waals surface area contributed by atoms with E-state index in [1.165, 1.54) is 7.11 Å². The topological polar surface area (TPSA) is 73.9 Å². The summed E-state index contributed by atoms with van der Waals surface area (Å²) < 4.78 is 16.6. The second-order valence-corrected chi connectivity index (χ2v) is 8.51. The fraction of sp³-hybridized carbons (Fsp3) is 0.308. The van der Waals surface area contributed by atoms with Gasteiger partial charge < -0.3 is 19.5 Å². The number of methoxy groups -OCH3 is 2. The predicted octanol–water partition coefficient (Wildman–Crippen LogP) is 5.07. The Morgan fingerprint density at radius 1 is 1.12 bits per heavy atom. The Morgan fingerprint density at radius 2 is 1.88 bits per heavy atom. The molecule has 4 rings (SSSR count). The van der Waals surface area contributed by atoms with E-state index >= 15 is 0 Å². The normalized spacial score (nSPS) is 17.9. The Morgan fingerprint density at radius 3 is 2.58 bits per heavy atom. The third-order valence-electron chi connectivity index (χ3n) is 6.03. The van der Waals surface area contributed by atoms with Gasteiger partial charge in [0.1, 0.15) is 18.1 Å². The van der Waals surface area contributed by atoms with E-state index in [1.807, 2.05) is 25.1 Å². The van der Waals surface area contributed by atoms with Gasteiger partial charge in [-0.25, -0.2) is 4.79 Å². The first-order valence-electron chi connectivity index (χ1n) is 10.8. The molecule has 0 fully saturated rings. The molecule has 1 N–H and O–H groups in total. The number of allylic oxidation sites excluding steroid dienone is 3. The molecule has 0 saturated carbocycles. The van der Waals surface area contributed by atoms with Crippen LogP contribution in [0.25, 0.3) is 0 Å². The maximum atomic E-state index is 13.0. The van der Waals surface area contributed by atoms with Crippen LogP contribution in [0.1, 0.15) is 43.2 Å². The lowest BCUT2D eigenvalue weighted by molar-refractivity contribution is -0.136. The molecule has 1 aliphatic heterocycles. The zero-order valence-electron chi connectivity index (χ0n) is 18.9. The Labute approximate surface area is 198 Å². The third-order valence-corrected chi connectivity index (χ3v) is 6.28. The van der Waals surface area contributed by atoms with E-state index < -0.39 is 11.9 Å². The van der Waals surface area contributed by atoms with Gasteiger partial charge in [-0.2, -0.15) is 0 Å². The molecule has 1 heterocycles. The molecule has 2 aromatic rings. The second kappa shape index (κ2) is 9.71. The summed E-state index contributed by atoms with van der Waals surface area (Å²) in [7, 11) is 2.95. The summed E-state index contributed by atoms with van der Waals surface area (Å²) in [6.07, 6.45) is 2.03. The Hall–Kier alpha value is -3.25. The SMILES string of the molecule is COC(=O)C1=C(C)NC2=C(C(=O)CCC2)C1c1ccc(OC)c(COc2ccc(Cl)cc2)c1. The Kier molecular flexibility index (Phi) is 6.75. The molecule has 0 bridgehead atoms. The first kappa shape index (κ1) is 22.9. The van der Waals surface area contributed by atoms with Crippen LogP contribution in [-0.2, 0) is 20.9 Å². The highest BCUT2D eigenvalue weighted by Gasteiger charge is 2.39. The molecule has 1 atom stereocenters. The van der Waals surface area contributed by atoms with Crippen LogP contribution in [0.4, 0.5) is 0 Å². The van der Waals surface area contributed by atoms with Crippen molar-refractivity contribution in [2.24, 2.45) is 0 Å². The maximum Gasteiger partial charge on any atom is 0.336 e. The molecule has 0 amide bonds. The number of carbonyl (C=O) groups excluding carboxylic acids is 2. The van der Waals surface area contributed by atoms with Crippen LogP contribution in [0.3, 0.4) is 0 Å². The van der Waals surface area contributed by atoms with Gasteiger partial charge in [-0.05, 0) is 61.7 Å². The predicted molar refractivity (Wildman–Crippen MR) is 125 cm³/mol. The van der Waals surface area contributed by atoms with Crippen LogP contribution in [0.15, 0.2) is 65.0 Å². The smallest absolute Gasteiger partial charge is 0.336 e. The first-order valence-corrected chi connectivity index (χ1v) is 11.2. The number of ether oxygens (including phenoxy) is 3. The molecule has 2 aliphatic rings. The van der Waals surface area contributed by atoms with E-state index in [9.17, 15) is 9.59 Å². The average Bonchev–Trinajstić information content (AvgIpc) is 2.82. The number of Topliss-reactive ketones (excluding diaryl/α,β-unsaturated/α-hetero) is 1. The van der Waals surface area contributed by atoms with Gasteiger partial charge in [-0.15, -0.1) is 0 Å². The fourth-order valence-electron chi connectivity index (χ4n) is 4.48. The molecule has 0 spiro atoms. The largest absolute Gasteiger partial charge is 0.496 e. The van der Waals surface area contributed by atoms with Crippen LogP contribution in [0, 0.1) is 0 Å². The minimum absolute atomic E-state index is 0.0532. The van der Waals surface area contributed by atoms with Gasteiger partial charge in [0, 0.05) is 39.9 Å². The van der Waals surface area contributed by atoms with Gasteiger partial charge >= 0.3 is 5.97 Å². The van der Waals surface area contributed by atoms with Gasteiger partial charge in [0.15, 0.2) is 5.78 Å². The van der Waals surface area contributed by atoms with E-state index in [4.69, 9.17) is 25.8 Å². The number of nitrogens with one attached hydrogen (secondary N) is 1. The van der Waals surface area contributed by atoms with Crippen LogP contribution in [0.5, 0.6) is 11.5 Å². The number of hydrogen-bond donors (Lipinski definition) is 1. The lowest BCUT2D eigenvalue weighted by Gasteiger charge is -2.34. The summed E-state index contributed by atoms with van der Waals surface area (Å²) in [5.74, 6) is 0.419. The zero-order chi connectivity index (χ0) is 23.5. The minimum atomic E-state index is -0.512. The van der Waals surface area contributed by atoms with Gasteiger partial charge in [-0.1, -0.05) is 17.7 Å². The summed E-state index contributed by atoms with van der Waals surface area (Å²) in [4.78, 5) is 25.8. The van der Waals surface area contributed by atoms with E-state index in [2.05, 4.69) is 5.32 Å². The van der Waals surface area contributed by atoms with Crippen LogP contribution in [0.2, 0.25) is 5.02 Å². The molecule has 1 aliphatic carbocycles. The van der Waals surface area contributed by atoms with Crippen molar-refractivity contribution in [1.29, 1.82) is 0 Å². The molecule has 172 valence electrons. The number of dihydropyridines is 1. The molecule has 6 nitrogen and oxygen atoms in total. The van der Waals surface area contributed by atoms with Crippen molar-refractivity contribution in [3.8, 4) is 11.5 Å². The number of esters is 1. The van der Waals surface area contributed by atoms with Crippen LogP contribution >= 0.6 is 11.6 Å². The summed E-state index contributed by atoms with van der Waals surface area (Å²) in [6, 6.07) is 12.8. The van der Waals surface area contributed by atoms with E-state index in [-0.39, 0.29) is 12.4 Å². The van der Waals surface area contributed by atoms with Crippen molar-refractivity contribution in [2.45, 2.75) is 38.7 Å². The number of carbonyl (C=O) groups is 2. The summed E-state index contributed by atoms with van der Waals surface area (Å²) >= 11 is 5.96. The molecule has 7 heteroatoms. The van der Waals surface area contributed by atoms with Crippen molar-refractivity contribution >= 4 is 23.4 Å². The standard InChI is InChI=1S/C26H26ClNO5/c1-15-23(26(30)32-3)24(25-20(28-15)5-4-6-21(25)29)16-7-12-22(31-2)17(13-16)14-33-19-10-8-18(27)9-11-19/h7-13,24,28H,4-6,14H2,1-3H3. The summed E-state index contributed by atoms with van der Waals surface area (Å²) in [6.45, 7) is 2.09. The number of hydrogen-bond acceptors (Lipinski definition) is 6. The van der Waals surface area contributed by atoms with Crippen molar-refractivity contribution in [3.63, 3.8) is 0 Å². The number of halogens is 1. The molecule has 0 saturated heterocycles. The number of ketones is 1. The third kappa shape index (κ3) is 4.62. The maximum absolute atomic E-state index is 13.0. The van der Waals surface area contributed by atoms with E-state index in [0.717, 1.165) is 29.7 Å². The zero-order valence-corrected chi connectivity index (χ0v) is 19.6. The quantitative estimate of drug-likeness (QED) is 0.598. The Balaban J connectivity index is 1.75. The summed E-state index contributed by atoms with van der Waals surface area (Å²) in [5.41, 5.74) is 4.29. The fourth-order valence-corrected chi connectivity index (χ4v) is 4.61. The van der Waals surface area contributed by atoms with Gasteiger partial charge in [0.05, 0.1) is 19.8 Å². The monoisotopic (exact) mass is 467 g/mol. The summed E-state index contributed by atoms with van der Waals surface area (Å²) in [5, 5.41) is 3.91. The lowest BCUT2D eigenvalue weighted by Crippen LogP contribution is -2.34. The van der Waals surface area contributed by atoms with Crippen molar-refractivity contribution < 1.29 is 23.8 Å². The van der Waals surface area contributed by atoms with Crippen molar-refractivity contribution in [2.75, 3.05) is 14.2 Å². The average molecular weight is 468 g/mol. The van der Waals surface area contributed by atoms with Gasteiger partial charge in [0.2, 0.25) is 0 Å². The Bertz CT molecular complexity index is 1150. The van der Waals surface area contributed by atoms with E-state index in [0.29, 0.717) is 39.8 Å². The lowest BCUT2D eigenvalue weighted by atomic mass is 9.75. The highest BCUT2D eigenvalue weighted by atomic mass is 35.5. The van der Waals surface area contributed by atoms with Gasteiger partial charge in [-0.3, -0.25) is 4.79 Å². The van der Waals surface area contributed by atoms with Crippen molar-refractivity contribution in [3.05, 3.63) is 81.2 Å². The van der Waals surface area contributed by atoms with E-state index in [1.54, 1.807) is 31.4 Å². The van der Waals surface area contributed by atoms with Crippen LogP contribution < -0.4 is 14.8 Å². The molecule has 2 aromatic carbocycles. The minimum Gasteiger partial charge on any atom is -0.496 e. The molecule has 1 unspecified atom stereocenters. The van der Waals surface area contributed by atoms with Crippen LogP contribution in [-0.4, -0.2) is 26.0 Å². The molecular formula is C26H26ClNO5. The number of rotatable bonds is 6. The molecular weight excluding hydrogens is 442 g/mol. The molecule has 0 aromatic heterocycles.